The largest absolute Gasteiger partial charge is 0.475 e. The molecule has 1 N–H and O–H groups in total. The van der Waals surface area contributed by atoms with Gasteiger partial charge in [0.05, 0.1) is 5.54 Å². The molecule has 1 heterocycles. The number of amides is 1. The summed E-state index contributed by atoms with van der Waals surface area (Å²) in [4.78, 5) is 14.8. The second-order valence-electron chi connectivity index (χ2n) is 4.36. The first-order valence-electron chi connectivity index (χ1n) is 5.14. The maximum atomic E-state index is 10.3. The molecule has 0 aliphatic carbocycles. The average Bonchev–Trinajstić information content (AvgIpc) is 2.60. The van der Waals surface area contributed by atoms with Crippen LogP contribution in [-0.4, -0.2) is 24.5 Å². The van der Waals surface area contributed by atoms with E-state index >= 15 is 0 Å². The van der Waals surface area contributed by atoms with Gasteiger partial charge in [-0.2, -0.15) is 0 Å². The Morgan fingerprint density at radius 2 is 2.31 bits per heavy atom. The fourth-order valence-electron chi connectivity index (χ4n) is 1.54. The van der Waals surface area contributed by atoms with Crippen LogP contribution in [0.15, 0.2) is 29.3 Å². The van der Waals surface area contributed by atoms with Gasteiger partial charge >= 0.3 is 0 Å². The van der Waals surface area contributed by atoms with Crippen LogP contribution < -0.4 is 5.32 Å². The molecule has 1 amide bonds. The van der Waals surface area contributed by atoms with E-state index in [1.54, 1.807) is 0 Å². The molecule has 0 saturated carbocycles. The van der Waals surface area contributed by atoms with Crippen molar-refractivity contribution < 1.29 is 9.53 Å². The first kappa shape index (κ1) is 10.7. The van der Waals surface area contributed by atoms with Gasteiger partial charge in [-0.05, 0) is 32.0 Å². The Morgan fingerprint density at radius 1 is 1.50 bits per heavy atom. The summed E-state index contributed by atoms with van der Waals surface area (Å²) in [6.45, 7) is 4.63. The molecule has 0 saturated heterocycles. The van der Waals surface area contributed by atoms with Crippen LogP contribution in [0.4, 0.5) is 5.69 Å². The lowest BCUT2D eigenvalue weighted by Crippen LogP contribution is -2.17. The number of carbonyl (C=O) groups is 1. The number of ether oxygens (including phenoxy) is 1. The Morgan fingerprint density at radius 3 is 2.94 bits per heavy atom. The summed E-state index contributed by atoms with van der Waals surface area (Å²) >= 11 is 0. The predicted molar refractivity (Wildman–Crippen MR) is 62.7 cm³/mol. The van der Waals surface area contributed by atoms with Gasteiger partial charge in [0.2, 0.25) is 12.3 Å². The van der Waals surface area contributed by atoms with Crippen molar-refractivity contribution in [2.75, 3.05) is 11.9 Å². The fourth-order valence-corrected chi connectivity index (χ4v) is 1.54. The average molecular weight is 218 g/mol. The molecule has 0 bridgehead atoms. The van der Waals surface area contributed by atoms with Gasteiger partial charge in [0.1, 0.15) is 6.61 Å². The molecule has 4 nitrogen and oxygen atoms in total. The highest BCUT2D eigenvalue weighted by Crippen LogP contribution is 2.21. The second kappa shape index (κ2) is 3.96. The van der Waals surface area contributed by atoms with Gasteiger partial charge in [-0.15, -0.1) is 0 Å². The third-order valence-electron chi connectivity index (χ3n) is 2.30. The zero-order chi connectivity index (χ0) is 11.6. The van der Waals surface area contributed by atoms with Crippen LogP contribution in [0.3, 0.4) is 0 Å². The van der Waals surface area contributed by atoms with E-state index < -0.39 is 0 Å². The maximum Gasteiger partial charge on any atom is 0.216 e. The van der Waals surface area contributed by atoms with Crippen LogP contribution in [-0.2, 0) is 9.53 Å². The molecule has 1 aromatic carbocycles. The molecule has 1 aliphatic heterocycles. The highest BCUT2D eigenvalue weighted by atomic mass is 16.5. The molecule has 0 unspecified atom stereocenters. The molecule has 16 heavy (non-hydrogen) atoms. The minimum absolute atomic E-state index is 0.163. The number of anilines is 1. The summed E-state index contributed by atoms with van der Waals surface area (Å²) in [5.74, 6) is 0.638. The van der Waals surface area contributed by atoms with Crippen LogP contribution in [0, 0.1) is 0 Å². The summed E-state index contributed by atoms with van der Waals surface area (Å²) < 4.78 is 5.52. The number of nitrogens with zero attached hydrogens (tertiary/aromatic N) is 1. The van der Waals surface area contributed by atoms with E-state index in [9.17, 15) is 4.79 Å². The summed E-state index contributed by atoms with van der Waals surface area (Å²) in [6.07, 6.45) is 0.653. The summed E-state index contributed by atoms with van der Waals surface area (Å²) in [5, 5.41) is 2.60. The molecule has 0 fully saturated rings. The second-order valence-corrected chi connectivity index (χ2v) is 4.36. The Kier molecular flexibility index (Phi) is 2.64. The summed E-state index contributed by atoms with van der Waals surface area (Å²) in [5.41, 5.74) is 1.46. The van der Waals surface area contributed by atoms with E-state index in [-0.39, 0.29) is 5.54 Å². The zero-order valence-electron chi connectivity index (χ0n) is 9.36. The maximum absolute atomic E-state index is 10.3. The molecule has 1 aromatic rings. The minimum atomic E-state index is -0.163. The number of carbonyl (C=O) groups excluding carboxylic acids is 1. The molecule has 0 spiro atoms. The fraction of sp³-hybridized carbons (Fsp3) is 0.333. The van der Waals surface area contributed by atoms with Crippen molar-refractivity contribution in [3.8, 4) is 0 Å². The SMILES string of the molecule is CC1(C)COC(c2cccc(NC=O)c2)=N1. The van der Waals surface area contributed by atoms with Crippen molar-refractivity contribution in [3.63, 3.8) is 0 Å². The predicted octanol–water partition coefficient (Wildman–Crippen LogP) is 1.81. The van der Waals surface area contributed by atoms with Gasteiger partial charge in [0.15, 0.2) is 0 Å². The van der Waals surface area contributed by atoms with E-state index in [1.165, 1.54) is 0 Å². The zero-order valence-corrected chi connectivity index (χ0v) is 9.36. The number of hydrogen-bond donors (Lipinski definition) is 1. The molecular weight excluding hydrogens is 204 g/mol. The van der Waals surface area contributed by atoms with Gasteiger partial charge in [-0.25, -0.2) is 4.99 Å². The van der Waals surface area contributed by atoms with Crippen LogP contribution in [0.2, 0.25) is 0 Å². The van der Waals surface area contributed by atoms with Gasteiger partial charge in [0, 0.05) is 11.3 Å². The van der Waals surface area contributed by atoms with Crippen molar-refractivity contribution >= 4 is 18.0 Å². The number of rotatable bonds is 3. The molecule has 0 atom stereocenters. The Balaban J connectivity index is 2.28. The Labute approximate surface area is 94.3 Å². The molecule has 84 valence electrons. The van der Waals surface area contributed by atoms with Gasteiger partial charge in [-0.1, -0.05) is 6.07 Å². The molecule has 2 rings (SSSR count). The van der Waals surface area contributed by atoms with Crippen molar-refractivity contribution in [1.29, 1.82) is 0 Å². The lowest BCUT2D eigenvalue weighted by molar-refractivity contribution is -0.105. The standard InChI is InChI=1S/C12H14N2O2/c1-12(2)7-16-11(14-12)9-4-3-5-10(6-9)13-8-15/h3-6,8H,7H2,1-2H3,(H,13,15). The van der Waals surface area contributed by atoms with E-state index in [2.05, 4.69) is 10.3 Å². The third-order valence-corrected chi connectivity index (χ3v) is 2.30. The smallest absolute Gasteiger partial charge is 0.216 e. The lowest BCUT2D eigenvalue weighted by atomic mass is 10.1. The third kappa shape index (κ3) is 2.21. The number of benzene rings is 1. The molecule has 0 aromatic heterocycles. The van der Waals surface area contributed by atoms with Crippen molar-refractivity contribution in [2.45, 2.75) is 19.4 Å². The summed E-state index contributed by atoms with van der Waals surface area (Å²) in [6, 6.07) is 7.43. The molecule has 4 heteroatoms. The van der Waals surface area contributed by atoms with E-state index in [0.29, 0.717) is 18.9 Å². The topological polar surface area (TPSA) is 50.7 Å². The van der Waals surface area contributed by atoms with Crippen molar-refractivity contribution in [3.05, 3.63) is 29.8 Å². The van der Waals surface area contributed by atoms with Crippen molar-refractivity contribution in [1.82, 2.24) is 0 Å². The van der Waals surface area contributed by atoms with Gasteiger partial charge in [-0.3, -0.25) is 4.79 Å². The lowest BCUT2D eigenvalue weighted by Gasteiger charge is -2.07. The Bertz CT molecular complexity index is 438. The van der Waals surface area contributed by atoms with E-state index in [0.717, 1.165) is 11.3 Å². The molecule has 0 radical (unpaired) electrons. The number of nitrogens with one attached hydrogen (secondary N) is 1. The first-order valence-corrected chi connectivity index (χ1v) is 5.14. The Hall–Kier alpha value is -1.84. The minimum Gasteiger partial charge on any atom is -0.475 e. The number of aliphatic imine (C=N–C) groups is 1. The van der Waals surface area contributed by atoms with Gasteiger partial charge < -0.3 is 10.1 Å². The van der Waals surface area contributed by atoms with Crippen LogP contribution in [0.5, 0.6) is 0 Å². The van der Waals surface area contributed by atoms with Crippen LogP contribution >= 0.6 is 0 Å². The quantitative estimate of drug-likeness (QED) is 0.786. The van der Waals surface area contributed by atoms with Crippen LogP contribution in [0.1, 0.15) is 19.4 Å². The molecular formula is C12H14N2O2. The van der Waals surface area contributed by atoms with E-state index in [1.807, 2.05) is 38.1 Å². The molecule has 1 aliphatic rings. The van der Waals surface area contributed by atoms with E-state index in [4.69, 9.17) is 4.74 Å². The first-order chi connectivity index (χ1) is 7.61. The highest BCUT2D eigenvalue weighted by molar-refractivity contribution is 5.96. The van der Waals surface area contributed by atoms with Crippen LogP contribution in [0.25, 0.3) is 0 Å². The van der Waals surface area contributed by atoms with Crippen molar-refractivity contribution in [2.24, 2.45) is 4.99 Å². The monoisotopic (exact) mass is 218 g/mol. The number of hydrogen-bond acceptors (Lipinski definition) is 3. The van der Waals surface area contributed by atoms with Gasteiger partial charge in [0.25, 0.3) is 0 Å². The normalized spacial score (nSPS) is 17.5. The summed E-state index contributed by atoms with van der Waals surface area (Å²) in [7, 11) is 0. The highest BCUT2D eigenvalue weighted by Gasteiger charge is 2.26.